The summed E-state index contributed by atoms with van der Waals surface area (Å²) < 4.78 is 94.2. The van der Waals surface area contributed by atoms with Crippen molar-refractivity contribution in [2.75, 3.05) is 13.2 Å². The van der Waals surface area contributed by atoms with Gasteiger partial charge in [0, 0.05) is 12.8 Å². The fraction of sp³-hybridized carbons (Fsp3) is 0.951. The van der Waals surface area contributed by atoms with Gasteiger partial charge >= 0.3 is 35.4 Å². The molecule has 27 heteroatoms. The molecule has 0 aromatic heterocycles. The van der Waals surface area contributed by atoms with Gasteiger partial charge in [-0.25, -0.2) is 43.2 Å². The van der Waals surface area contributed by atoms with Crippen LogP contribution < -0.4 is 29.5 Å². The predicted octanol–water partition coefficient (Wildman–Crippen LogP) is 3.86. The molecule has 18 N–H and O–H groups in total. The summed E-state index contributed by atoms with van der Waals surface area (Å²) in [6.45, 7) is 3.18. The molecule has 0 bridgehead atoms. The zero-order chi connectivity index (χ0) is 50.7. The lowest BCUT2D eigenvalue weighted by Gasteiger charge is -2.44. The zero-order valence-corrected chi connectivity index (χ0v) is 43.7. The number of ether oxygens (including phenoxy) is 2. The van der Waals surface area contributed by atoms with Crippen molar-refractivity contribution in [3.05, 3.63) is 0 Å². The molecule has 68 heavy (non-hydrogen) atoms. The summed E-state index contributed by atoms with van der Waals surface area (Å²) in [6, 6.07) is 0. The van der Waals surface area contributed by atoms with Gasteiger partial charge in [0.25, 0.3) is 0 Å². The molecule has 1 aliphatic rings. The number of aliphatic hydroxyl groups is 3. The number of hydrogen-bond donors (Lipinski definition) is 8. The van der Waals surface area contributed by atoms with Crippen molar-refractivity contribution in [1.29, 1.82) is 0 Å². The van der Waals surface area contributed by atoms with Crippen molar-refractivity contribution >= 4 is 35.4 Å². The van der Waals surface area contributed by atoms with E-state index in [1.54, 1.807) is 0 Å². The summed E-state index contributed by atoms with van der Waals surface area (Å²) in [5.41, 5.74) is 0. The minimum atomic E-state index is -5.02. The van der Waals surface area contributed by atoms with Crippen LogP contribution in [0.3, 0.4) is 0 Å². The summed E-state index contributed by atoms with van der Waals surface area (Å²) in [5.74, 6) is 13.7. The van der Waals surface area contributed by atoms with Crippen LogP contribution in [-0.2, 0) is 74.0 Å². The van der Waals surface area contributed by atoms with E-state index in [1.165, 1.54) is 103 Å². The smallest absolute Gasteiger partial charge is 0.462 e. The van der Waals surface area contributed by atoms with Gasteiger partial charge in [0.2, 0.25) is 0 Å². The SMILES string of the molecule is CCCCCCCCCCCCCCCC(=O)OC[C@H](COP(=O)(O[NH3+])O[C@H]1[C@H](O)[C@@H](O)[C@H](OP(=O)(O[NH3+])O[NH3+])[C@@H](OP(=O)(O[NH3+])O[NH3+])[C@H]1O)OC(=O)CCCCCCCCCCCCCCC. The molecule has 1 aliphatic carbocycles. The molecule has 0 heterocycles. The fourth-order valence-electron chi connectivity index (χ4n) is 7.64. The number of esters is 2. The highest BCUT2D eigenvalue weighted by Gasteiger charge is 2.59. The van der Waals surface area contributed by atoms with Crippen LogP contribution in [0.5, 0.6) is 0 Å². The Morgan fingerprint density at radius 3 is 1.10 bits per heavy atom. The molecule has 0 spiro atoms. The highest BCUT2D eigenvalue weighted by molar-refractivity contribution is 7.48. The highest BCUT2D eigenvalue weighted by Crippen LogP contribution is 2.55. The van der Waals surface area contributed by atoms with Crippen molar-refractivity contribution in [3.8, 4) is 0 Å². The van der Waals surface area contributed by atoms with E-state index in [4.69, 9.17) is 32.2 Å². The number of rotatable bonds is 45. The van der Waals surface area contributed by atoms with E-state index in [-0.39, 0.29) is 12.8 Å². The molecule has 24 nitrogen and oxygen atoms in total. The molecule has 8 atom stereocenters. The Bertz CT molecular complexity index is 1450. The van der Waals surface area contributed by atoms with Crippen LogP contribution in [0.25, 0.3) is 0 Å². The monoisotopic (exact) mass is 1050 g/mol. The van der Waals surface area contributed by atoms with Crippen LogP contribution in [0.15, 0.2) is 0 Å². The van der Waals surface area contributed by atoms with Crippen LogP contribution >= 0.6 is 23.5 Å². The quantitative estimate of drug-likeness (QED) is 0.0186. The van der Waals surface area contributed by atoms with Crippen molar-refractivity contribution in [1.82, 2.24) is 0 Å². The van der Waals surface area contributed by atoms with Crippen LogP contribution in [-0.4, -0.2) is 83.2 Å². The second-order valence-corrected chi connectivity index (χ2v) is 22.1. The summed E-state index contributed by atoms with van der Waals surface area (Å²) in [7, 11) is -14.5. The van der Waals surface area contributed by atoms with Crippen LogP contribution in [0.1, 0.15) is 194 Å². The zero-order valence-electron chi connectivity index (χ0n) is 41.0. The number of aliphatic hydroxyl groups excluding tert-OH is 3. The minimum absolute atomic E-state index is 0.0488. The second kappa shape index (κ2) is 38.6. The Kier molecular flexibility index (Phi) is 36.8. The van der Waals surface area contributed by atoms with Gasteiger partial charge in [-0.3, -0.25) is 27.7 Å². The van der Waals surface area contributed by atoms with E-state index >= 15 is 0 Å². The molecule has 1 unspecified atom stereocenters. The third-order valence-electron chi connectivity index (χ3n) is 11.7. The maximum atomic E-state index is 13.9. The number of phosphoric ester groups is 1. The Labute approximate surface area is 402 Å². The molecular weight excluding hydrogens is 959 g/mol. The van der Waals surface area contributed by atoms with E-state index in [2.05, 4.69) is 61.8 Å². The molecule has 0 aliphatic heterocycles. The number of hydrogen-bond acceptors (Lipinski definition) is 19. The highest BCUT2D eigenvalue weighted by atomic mass is 31.2. The van der Waals surface area contributed by atoms with E-state index in [9.17, 15) is 38.6 Å². The summed E-state index contributed by atoms with van der Waals surface area (Å²) in [4.78, 5) is 25.8. The first-order chi connectivity index (χ1) is 32.6. The predicted molar refractivity (Wildman–Crippen MR) is 243 cm³/mol. The van der Waals surface area contributed by atoms with Crippen LogP contribution in [0.2, 0.25) is 0 Å². The summed E-state index contributed by atoms with van der Waals surface area (Å²) in [6.07, 6.45) is 14.8. The van der Waals surface area contributed by atoms with Crippen LogP contribution in [0.4, 0.5) is 0 Å². The first-order valence-corrected chi connectivity index (χ1v) is 29.1. The Morgan fingerprint density at radius 2 is 0.735 bits per heavy atom. The second-order valence-electron chi connectivity index (χ2n) is 17.2. The first-order valence-electron chi connectivity index (χ1n) is 24.7. The van der Waals surface area contributed by atoms with Gasteiger partial charge in [-0.15, -0.1) is 0 Å². The molecule has 0 saturated heterocycles. The summed E-state index contributed by atoms with van der Waals surface area (Å²) >= 11 is 0. The number of quaternary nitrogens is 5. The maximum absolute atomic E-state index is 13.9. The normalized spacial score (nSPS) is 21.4. The van der Waals surface area contributed by atoms with E-state index < -0.39 is 91.3 Å². The molecule has 0 aromatic rings. The first kappa shape index (κ1) is 65.0. The standard InChI is InChI=1S/C41H91N5O19P3/c1-3-5-7-9-11-13-15-17-19-21-23-25-27-29-34(47)55-31-33(57-35(48)30-28-26-24-22-20-18-16-14-12-10-8-6-4-2)32-56-66(52,61-42)58-39-36(49)37(50)40(59-67(53,62-43)63-44)41(38(39)51)60-68(54,64-45)65-46/h33,36-41,49-51H,3-32H2,1-2,42-46H3/q+5/t33-,36-,37-,38+,39+,40+,41+,66?/m1/s1. The lowest BCUT2D eigenvalue weighted by molar-refractivity contribution is -0.685. The summed E-state index contributed by atoms with van der Waals surface area (Å²) in [5, 5.41) is 33.4. The molecule has 0 radical (unpaired) electrons. The number of phosphoric acid groups is 3. The van der Waals surface area contributed by atoms with Gasteiger partial charge in [0.05, 0.1) is 6.61 Å². The largest absolute Gasteiger partial charge is 0.567 e. The molecule has 404 valence electrons. The molecule has 0 aromatic carbocycles. The molecule has 0 amide bonds. The fourth-order valence-corrected chi connectivity index (χ4v) is 10.2. The topological polar surface area (TPSA) is 386 Å². The maximum Gasteiger partial charge on any atom is 0.567 e. The lowest BCUT2D eigenvalue weighted by Crippen LogP contribution is -2.66. The van der Waals surface area contributed by atoms with Gasteiger partial charge in [-0.05, 0) is 12.8 Å². The molecular formula is C41H91N5O19P3+5. The van der Waals surface area contributed by atoms with E-state index in [1.807, 2.05) is 0 Å². The van der Waals surface area contributed by atoms with Crippen molar-refractivity contribution in [3.63, 3.8) is 0 Å². The van der Waals surface area contributed by atoms with Gasteiger partial charge in [-0.2, -0.15) is 0 Å². The van der Waals surface area contributed by atoms with Gasteiger partial charge in [-0.1, -0.05) is 191 Å². The van der Waals surface area contributed by atoms with Crippen LogP contribution in [0, 0.1) is 0 Å². The molecule has 1 fully saturated rings. The number of unbranched alkanes of at least 4 members (excludes halogenated alkanes) is 24. The van der Waals surface area contributed by atoms with E-state index in [0.717, 1.165) is 51.4 Å². The Balaban J connectivity index is 2.93. The Hall–Kier alpha value is -1.05. The van der Waals surface area contributed by atoms with Crippen molar-refractivity contribution in [2.24, 2.45) is 0 Å². The average Bonchev–Trinajstić information content (AvgIpc) is 3.34. The lowest BCUT2D eigenvalue weighted by atomic mass is 9.85. The van der Waals surface area contributed by atoms with Crippen molar-refractivity contribution < 1.29 is 119 Å². The average molecular weight is 1050 g/mol. The Morgan fingerprint density at radius 1 is 0.426 bits per heavy atom. The third-order valence-corrected chi connectivity index (χ3v) is 15.2. The third kappa shape index (κ3) is 27.7. The van der Waals surface area contributed by atoms with Gasteiger partial charge in [0.1, 0.15) is 43.2 Å². The van der Waals surface area contributed by atoms with Gasteiger partial charge in [0.15, 0.2) is 6.10 Å². The van der Waals surface area contributed by atoms with E-state index in [0.29, 0.717) is 12.8 Å². The molecule has 1 rings (SSSR count). The molecule has 1 saturated carbocycles. The van der Waals surface area contributed by atoms with Crippen molar-refractivity contribution in [2.45, 2.75) is 236 Å². The van der Waals surface area contributed by atoms with Gasteiger partial charge < -0.3 is 24.8 Å². The number of carbonyl (C=O) groups excluding carboxylic acids is 2. The number of carbonyl (C=O) groups is 2. The minimum Gasteiger partial charge on any atom is -0.462 e.